The van der Waals surface area contributed by atoms with Crippen LogP contribution in [0.1, 0.15) is 38.5 Å². The van der Waals surface area contributed by atoms with Gasteiger partial charge in [-0.25, -0.2) is 0 Å². The van der Waals surface area contributed by atoms with Gasteiger partial charge in [0.15, 0.2) is 0 Å². The summed E-state index contributed by atoms with van der Waals surface area (Å²) in [6.45, 7) is 8.39. The third kappa shape index (κ3) is 4.06. The van der Waals surface area contributed by atoms with Crippen molar-refractivity contribution in [1.29, 1.82) is 0 Å². The van der Waals surface area contributed by atoms with Crippen molar-refractivity contribution in [3.8, 4) is 0 Å². The summed E-state index contributed by atoms with van der Waals surface area (Å²) >= 11 is 1.77. The highest BCUT2D eigenvalue weighted by molar-refractivity contribution is 7.09. The molecule has 1 aliphatic rings. The summed E-state index contributed by atoms with van der Waals surface area (Å²) in [6, 6.07) is 4.56. The molecular weight excluding hydrogens is 270 g/mol. The molecule has 0 aromatic carbocycles. The van der Waals surface area contributed by atoms with E-state index in [-0.39, 0.29) is 11.3 Å². The zero-order chi connectivity index (χ0) is 14.6. The first-order valence-corrected chi connectivity index (χ1v) is 8.27. The van der Waals surface area contributed by atoms with Crippen molar-refractivity contribution >= 4 is 17.2 Å². The van der Waals surface area contributed by atoms with Gasteiger partial charge >= 0.3 is 0 Å². The SMILES string of the molecule is CC(C)(C)C(=O)N(CCc1cccs1)C1CCOCC1. The van der Waals surface area contributed by atoms with Gasteiger partial charge in [0.1, 0.15) is 0 Å². The van der Waals surface area contributed by atoms with Gasteiger partial charge in [0, 0.05) is 36.1 Å². The van der Waals surface area contributed by atoms with Gasteiger partial charge < -0.3 is 9.64 Å². The topological polar surface area (TPSA) is 29.5 Å². The molecule has 1 aliphatic heterocycles. The van der Waals surface area contributed by atoms with Crippen LogP contribution in [0.2, 0.25) is 0 Å². The third-order valence-corrected chi connectivity index (χ3v) is 4.65. The molecule has 2 rings (SSSR count). The number of amides is 1. The van der Waals surface area contributed by atoms with Crippen LogP contribution in [0.15, 0.2) is 17.5 Å². The van der Waals surface area contributed by atoms with Crippen LogP contribution < -0.4 is 0 Å². The number of rotatable bonds is 4. The van der Waals surface area contributed by atoms with E-state index in [9.17, 15) is 4.79 Å². The van der Waals surface area contributed by atoms with Crippen molar-refractivity contribution in [2.45, 2.75) is 46.1 Å². The summed E-state index contributed by atoms with van der Waals surface area (Å²) in [6.07, 6.45) is 2.88. The molecule has 0 N–H and O–H groups in total. The lowest BCUT2D eigenvalue weighted by atomic mass is 9.92. The number of hydrogen-bond donors (Lipinski definition) is 0. The maximum Gasteiger partial charge on any atom is 0.228 e. The molecular formula is C16H25NO2S. The fraction of sp³-hybridized carbons (Fsp3) is 0.688. The average Bonchev–Trinajstić information content (AvgIpc) is 2.92. The lowest BCUT2D eigenvalue weighted by molar-refractivity contribution is -0.143. The monoisotopic (exact) mass is 295 g/mol. The Morgan fingerprint density at radius 3 is 2.65 bits per heavy atom. The fourth-order valence-electron chi connectivity index (χ4n) is 2.56. The molecule has 0 unspecified atom stereocenters. The molecule has 0 spiro atoms. The number of hydrogen-bond acceptors (Lipinski definition) is 3. The van der Waals surface area contributed by atoms with Crippen molar-refractivity contribution in [3.05, 3.63) is 22.4 Å². The van der Waals surface area contributed by atoms with Crippen LogP contribution >= 0.6 is 11.3 Å². The third-order valence-electron chi connectivity index (χ3n) is 3.71. The summed E-state index contributed by atoms with van der Waals surface area (Å²) < 4.78 is 5.43. The lowest BCUT2D eigenvalue weighted by Gasteiger charge is -2.38. The molecule has 4 heteroatoms. The fourth-order valence-corrected chi connectivity index (χ4v) is 3.26. The predicted molar refractivity (Wildman–Crippen MR) is 83.0 cm³/mol. The minimum absolute atomic E-state index is 0.265. The second-order valence-electron chi connectivity index (χ2n) is 6.42. The minimum atomic E-state index is -0.312. The van der Waals surface area contributed by atoms with Crippen LogP contribution in [0.5, 0.6) is 0 Å². The average molecular weight is 295 g/mol. The minimum Gasteiger partial charge on any atom is -0.381 e. The molecule has 1 fully saturated rings. The van der Waals surface area contributed by atoms with Crippen LogP contribution in [-0.2, 0) is 16.0 Å². The Bertz CT molecular complexity index is 416. The van der Waals surface area contributed by atoms with E-state index in [1.807, 2.05) is 20.8 Å². The second kappa shape index (κ2) is 6.72. The summed E-state index contributed by atoms with van der Waals surface area (Å²) in [4.78, 5) is 16.2. The molecule has 112 valence electrons. The van der Waals surface area contributed by atoms with Crippen LogP contribution in [0.4, 0.5) is 0 Å². The van der Waals surface area contributed by atoms with Crippen LogP contribution in [-0.4, -0.2) is 36.6 Å². The highest BCUT2D eigenvalue weighted by atomic mass is 32.1. The standard InChI is InChI=1S/C16H25NO2S/c1-16(2,3)15(18)17(13-7-10-19-11-8-13)9-6-14-5-4-12-20-14/h4-5,12-13H,6-11H2,1-3H3. The summed E-state index contributed by atoms with van der Waals surface area (Å²) in [5, 5.41) is 2.10. The highest BCUT2D eigenvalue weighted by Gasteiger charge is 2.32. The zero-order valence-electron chi connectivity index (χ0n) is 12.7. The summed E-state index contributed by atoms with van der Waals surface area (Å²) in [5.41, 5.74) is -0.312. The molecule has 3 nitrogen and oxygen atoms in total. The van der Waals surface area contributed by atoms with E-state index < -0.39 is 0 Å². The molecule has 1 aromatic heterocycles. The van der Waals surface area contributed by atoms with Crippen LogP contribution in [0, 0.1) is 5.41 Å². The van der Waals surface area contributed by atoms with E-state index in [1.165, 1.54) is 4.88 Å². The van der Waals surface area contributed by atoms with Gasteiger partial charge in [-0.3, -0.25) is 4.79 Å². The van der Waals surface area contributed by atoms with Crippen molar-refractivity contribution in [3.63, 3.8) is 0 Å². The molecule has 20 heavy (non-hydrogen) atoms. The van der Waals surface area contributed by atoms with E-state index in [1.54, 1.807) is 11.3 Å². The quantitative estimate of drug-likeness (QED) is 0.852. The van der Waals surface area contributed by atoms with Gasteiger partial charge in [-0.05, 0) is 30.7 Å². The molecule has 0 bridgehead atoms. The smallest absolute Gasteiger partial charge is 0.228 e. The first kappa shape index (κ1) is 15.5. The Hall–Kier alpha value is -0.870. The zero-order valence-corrected chi connectivity index (χ0v) is 13.5. The molecule has 0 saturated carbocycles. The van der Waals surface area contributed by atoms with Crippen molar-refractivity contribution < 1.29 is 9.53 Å². The second-order valence-corrected chi connectivity index (χ2v) is 7.45. The normalized spacial score (nSPS) is 17.1. The van der Waals surface area contributed by atoms with E-state index in [2.05, 4.69) is 22.4 Å². The highest BCUT2D eigenvalue weighted by Crippen LogP contribution is 2.24. The number of ether oxygens (including phenoxy) is 1. The Morgan fingerprint density at radius 1 is 1.40 bits per heavy atom. The first-order chi connectivity index (χ1) is 9.48. The van der Waals surface area contributed by atoms with Gasteiger partial charge in [-0.15, -0.1) is 11.3 Å². The van der Waals surface area contributed by atoms with E-state index in [4.69, 9.17) is 4.74 Å². The molecule has 1 aromatic rings. The van der Waals surface area contributed by atoms with Crippen LogP contribution in [0.3, 0.4) is 0 Å². The first-order valence-electron chi connectivity index (χ1n) is 7.39. The number of nitrogens with zero attached hydrogens (tertiary/aromatic N) is 1. The molecule has 2 heterocycles. The largest absolute Gasteiger partial charge is 0.381 e. The van der Waals surface area contributed by atoms with E-state index in [0.717, 1.165) is 39.0 Å². The van der Waals surface area contributed by atoms with Gasteiger partial charge in [0.05, 0.1) is 0 Å². The maximum atomic E-state index is 12.7. The lowest BCUT2D eigenvalue weighted by Crippen LogP contribution is -2.48. The maximum absolute atomic E-state index is 12.7. The Morgan fingerprint density at radius 2 is 2.10 bits per heavy atom. The van der Waals surface area contributed by atoms with Crippen molar-refractivity contribution in [2.75, 3.05) is 19.8 Å². The molecule has 0 aliphatic carbocycles. The Labute approximate surface area is 125 Å². The molecule has 0 radical (unpaired) electrons. The summed E-state index contributed by atoms with van der Waals surface area (Å²) in [7, 11) is 0. The van der Waals surface area contributed by atoms with Gasteiger partial charge in [-0.2, -0.15) is 0 Å². The van der Waals surface area contributed by atoms with Gasteiger partial charge in [0.2, 0.25) is 5.91 Å². The number of thiophene rings is 1. The van der Waals surface area contributed by atoms with Gasteiger partial charge in [-0.1, -0.05) is 26.8 Å². The van der Waals surface area contributed by atoms with Crippen molar-refractivity contribution in [2.24, 2.45) is 5.41 Å². The summed E-state index contributed by atoms with van der Waals surface area (Å²) in [5.74, 6) is 0.265. The Kier molecular flexibility index (Phi) is 5.22. The number of carbonyl (C=O) groups excluding carboxylic acids is 1. The number of carbonyl (C=O) groups is 1. The van der Waals surface area contributed by atoms with Crippen LogP contribution in [0.25, 0.3) is 0 Å². The Balaban J connectivity index is 2.04. The van der Waals surface area contributed by atoms with E-state index in [0.29, 0.717) is 6.04 Å². The van der Waals surface area contributed by atoms with Crippen molar-refractivity contribution in [1.82, 2.24) is 4.90 Å². The van der Waals surface area contributed by atoms with Gasteiger partial charge in [0.25, 0.3) is 0 Å². The molecule has 1 amide bonds. The molecule has 1 saturated heterocycles. The molecule has 0 atom stereocenters. The predicted octanol–water partition coefficient (Wildman–Crippen LogP) is 3.34. The van der Waals surface area contributed by atoms with E-state index >= 15 is 0 Å².